The maximum Gasteiger partial charge on any atom is 0.352 e. The van der Waals surface area contributed by atoms with Crippen LogP contribution in [0.2, 0.25) is 0 Å². The summed E-state index contributed by atoms with van der Waals surface area (Å²) in [5.41, 5.74) is 6.60. The predicted octanol–water partition coefficient (Wildman–Crippen LogP) is 0.948. The van der Waals surface area contributed by atoms with Gasteiger partial charge in [-0.2, -0.15) is 0 Å². The van der Waals surface area contributed by atoms with Crippen molar-refractivity contribution in [3.63, 3.8) is 0 Å². The molecule has 2 aliphatic heterocycles. The summed E-state index contributed by atoms with van der Waals surface area (Å²) in [5, 5.41) is 17.3. The summed E-state index contributed by atoms with van der Waals surface area (Å²) in [6, 6.07) is 8.20. The zero-order chi connectivity index (χ0) is 25.8. The molecular weight excluding hydrogens is 510 g/mol. The molecule has 4 N–H and O–H groups in total. The van der Waals surface area contributed by atoms with Crippen molar-refractivity contribution in [2.24, 2.45) is 5.16 Å². The number of thioether (sulfide) groups is 1. The van der Waals surface area contributed by atoms with E-state index in [1.165, 1.54) is 24.1 Å². The number of oxime groups is 1. The van der Waals surface area contributed by atoms with Crippen LogP contribution in [0.15, 0.2) is 52.1 Å². The summed E-state index contributed by atoms with van der Waals surface area (Å²) >= 11 is 2.36. The summed E-state index contributed by atoms with van der Waals surface area (Å²) < 4.78 is 4.92. The Morgan fingerprint density at radius 3 is 2.67 bits per heavy atom. The van der Waals surface area contributed by atoms with Crippen LogP contribution in [0.4, 0.5) is 5.13 Å². The number of nitrogens with one attached hydrogen (secondary N) is 1. The highest BCUT2D eigenvalue weighted by Crippen LogP contribution is 2.40. The van der Waals surface area contributed by atoms with Gasteiger partial charge in [0.25, 0.3) is 11.8 Å². The van der Waals surface area contributed by atoms with Crippen molar-refractivity contribution in [2.45, 2.75) is 24.9 Å². The Balaban J connectivity index is 1.50. The maximum absolute atomic E-state index is 13.1. The average molecular weight is 532 g/mol. The maximum atomic E-state index is 13.1. The number of aromatic nitrogens is 1. The first-order valence-corrected chi connectivity index (χ1v) is 12.5. The number of nitrogen functional groups attached to an aromatic ring is 1. The Morgan fingerprint density at radius 1 is 1.28 bits per heavy atom. The van der Waals surface area contributed by atoms with Crippen LogP contribution < -0.4 is 11.1 Å². The van der Waals surface area contributed by atoms with Crippen molar-refractivity contribution >= 4 is 57.7 Å². The Kier molecular flexibility index (Phi) is 7.55. The molecule has 0 saturated carbocycles. The molecule has 0 unspecified atom stereocenters. The Labute approximate surface area is 213 Å². The lowest BCUT2D eigenvalue weighted by molar-refractivity contribution is -0.150. The number of rotatable bonds is 9. The lowest BCUT2D eigenvalue weighted by Crippen LogP contribution is -2.71. The molecule has 1 saturated heterocycles. The Bertz CT molecular complexity index is 1260. The highest BCUT2D eigenvalue weighted by molar-refractivity contribution is 8.00. The molecule has 2 amide bonds. The number of nitrogens with zero attached hydrogens (tertiary/aromatic N) is 3. The summed E-state index contributed by atoms with van der Waals surface area (Å²) in [5.74, 6) is -3.02. The number of anilines is 1. The van der Waals surface area contributed by atoms with E-state index in [4.69, 9.17) is 15.3 Å². The summed E-state index contributed by atoms with van der Waals surface area (Å²) in [4.78, 5) is 59.5. The fraction of sp³-hybridized carbons (Fsp3) is 0.273. The van der Waals surface area contributed by atoms with E-state index in [-0.39, 0.29) is 41.2 Å². The molecule has 2 atom stereocenters. The van der Waals surface area contributed by atoms with Gasteiger partial charge in [-0.05, 0) is 5.56 Å². The van der Waals surface area contributed by atoms with Crippen LogP contribution >= 0.6 is 23.1 Å². The minimum atomic E-state index is -1.32. The molecule has 0 spiro atoms. The van der Waals surface area contributed by atoms with Crippen molar-refractivity contribution in [1.82, 2.24) is 15.2 Å². The molecule has 0 radical (unpaired) electrons. The number of carbonyl (C=O) groups is 4. The van der Waals surface area contributed by atoms with E-state index in [0.717, 1.165) is 21.8 Å². The van der Waals surface area contributed by atoms with Crippen LogP contribution in [-0.4, -0.2) is 68.2 Å². The first-order valence-electron chi connectivity index (χ1n) is 10.6. The molecular formula is C22H21N5O7S2. The highest BCUT2D eigenvalue weighted by atomic mass is 32.2. The van der Waals surface area contributed by atoms with Gasteiger partial charge in [0, 0.05) is 23.6 Å². The third-order valence-corrected chi connectivity index (χ3v) is 7.21. The van der Waals surface area contributed by atoms with E-state index in [9.17, 15) is 24.3 Å². The quantitative estimate of drug-likeness (QED) is 0.183. The highest BCUT2D eigenvalue weighted by Gasteiger charge is 2.54. The molecule has 14 heteroatoms. The van der Waals surface area contributed by atoms with Crippen LogP contribution in [-0.2, 0) is 35.4 Å². The Morgan fingerprint density at radius 2 is 2.03 bits per heavy atom. The van der Waals surface area contributed by atoms with Gasteiger partial charge < -0.3 is 25.7 Å². The number of esters is 1. The van der Waals surface area contributed by atoms with E-state index in [2.05, 4.69) is 15.5 Å². The largest absolute Gasteiger partial charge is 0.477 e. The minimum Gasteiger partial charge on any atom is -0.477 e. The lowest BCUT2D eigenvalue weighted by atomic mass is 10.0. The number of carbonyl (C=O) groups excluding carboxylic acids is 3. The molecule has 2 aromatic rings. The number of fused-ring (bicyclic) bond motifs is 1. The fourth-order valence-corrected chi connectivity index (χ4v) is 5.41. The van der Waals surface area contributed by atoms with Gasteiger partial charge in [0.05, 0.1) is 0 Å². The van der Waals surface area contributed by atoms with E-state index in [1.807, 2.05) is 30.3 Å². The van der Waals surface area contributed by atoms with E-state index >= 15 is 0 Å². The number of aliphatic carboxylic acids is 1. The van der Waals surface area contributed by atoms with Crippen molar-refractivity contribution in [3.05, 3.63) is 58.2 Å². The standard InChI is InChI=1S/C22H21N5O7S2/c1-11(28)33-8-13-9-35-20-16(19(30)27(20)17(13)21(31)32)25-18(29)15(14-10-36-22(23)24-14)26-34-7-12-5-3-2-4-6-12/h2-6,10,16,20H,7-9H2,1H3,(H2,23,24)(H,25,29)(H,31,32)/t16-,20+/m1/s1. The van der Waals surface area contributed by atoms with E-state index in [0.29, 0.717) is 5.57 Å². The van der Waals surface area contributed by atoms with Gasteiger partial charge in [-0.1, -0.05) is 35.5 Å². The molecule has 1 aromatic carbocycles. The van der Waals surface area contributed by atoms with Gasteiger partial charge in [0.1, 0.15) is 36.0 Å². The van der Waals surface area contributed by atoms with Crippen LogP contribution in [0.25, 0.3) is 0 Å². The second-order valence-corrected chi connectivity index (χ2v) is 9.66. The molecule has 4 rings (SSSR count). The number of ether oxygens (including phenoxy) is 1. The van der Waals surface area contributed by atoms with Crippen LogP contribution in [0.3, 0.4) is 0 Å². The molecule has 12 nitrogen and oxygen atoms in total. The number of amides is 2. The van der Waals surface area contributed by atoms with Crippen LogP contribution in [0.5, 0.6) is 0 Å². The molecule has 2 aliphatic rings. The van der Waals surface area contributed by atoms with Crippen molar-refractivity contribution in [1.29, 1.82) is 0 Å². The number of thiazole rings is 1. The summed E-state index contributed by atoms with van der Waals surface area (Å²) in [6.07, 6.45) is 0. The molecule has 1 aromatic heterocycles. The van der Waals surface area contributed by atoms with Crippen molar-refractivity contribution < 1.29 is 33.9 Å². The molecule has 3 heterocycles. The zero-order valence-corrected chi connectivity index (χ0v) is 20.5. The first kappa shape index (κ1) is 25.2. The summed E-state index contributed by atoms with van der Waals surface area (Å²) in [6.45, 7) is 1.07. The first-order chi connectivity index (χ1) is 17.3. The number of carboxylic acids is 1. The van der Waals surface area contributed by atoms with Gasteiger partial charge in [0.2, 0.25) is 0 Å². The third kappa shape index (κ3) is 5.33. The topological polar surface area (TPSA) is 174 Å². The van der Waals surface area contributed by atoms with Gasteiger partial charge >= 0.3 is 11.9 Å². The SMILES string of the molecule is CC(=O)OCC1=C(C(=O)O)N2C(=O)[C@@H](NC(=O)C(=NOCc3ccccc3)c3csc(N)n3)[C@@H]2SC1. The predicted molar refractivity (Wildman–Crippen MR) is 131 cm³/mol. The number of benzene rings is 1. The molecule has 36 heavy (non-hydrogen) atoms. The minimum absolute atomic E-state index is 0.101. The monoisotopic (exact) mass is 531 g/mol. The summed E-state index contributed by atoms with van der Waals surface area (Å²) in [7, 11) is 0. The fourth-order valence-electron chi connectivity index (χ4n) is 3.54. The van der Waals surface area contributed by atoms with Crippen LogP contribution in [0, 0.1) is 0 Å². The van der Waals surface area contributed by atoms with E-state index < -0.39 is 35.2 Å². The number of β-lactam (4-membered cyclic amide) rings is 1. The molecule has 188 valence electrons. The van der Waals surface area contributed by atoms with Gasteiger partial charge in [-0.25, -0.2) is 9.78 Å². The molecule has 0 aliphatic carbocycles. The normalized spacial score (nSPS) is 19.3. The third-order valence-electron chi connectivity index (χ3n) is 5.20. The van der Waals surface area contributed by atoms with Gasteiger partial charge in [0.15, 0.2) is 10.8 Å². The molecule has 0 bridgehead atoms. The second kappa shape index (κ2) is 10.8. The number of carboxylic acid groups (broad SMARTS) is 1. The van der Waals surface area contributed by atoms with Crippen molar-refractivity contribution in [3.8, 4) is 0 Å². The zero-order valence-electron chi connectivity index (χ0n) is 18.9. The number of nitrogens with two attached hydrogens (primary N) is 1. The smallest absolute Gasteiger partial charge is 0.352 e. The van der Waals surface area contributed by atoms with Crippen molar-refractivity contribution in [2.75, 3.05) is 18.1 Å². The van der Waals surface area contributed by atoms with Gasteiger partial charge in [-0.15, -0.1) is 23.1 Å². The average Bonchev–Trinajstić information content (AvgIpc) is 3.29. The lowest BCUT2D eigenvalue weighted by Gasteiger charge is -2.49. The number of hydrogen-bond acceptors (Lipinski definition) is 11. The molecule has 1 fully saturated rings. The number of hydrogen-bond donors (Lipinski definition) is 3. The second-order valence-electron chi connectivity index (χ2n) is 7.67. The van der Waals surface area contributed by atoms with Gasteiger partial charge in [-0.3, -0.25) is 19.3 Å². The Hall–Kier alpha value is -3.91. The van der Waals surface area contributed by atoms with Crippen LogP contribution in [0.1, 0.15) is 18.2 Å². The van der Waals surface area contributed by atoms with E-state index in [1.54, 1.807) is 0 Å².